The third kappa shape index (κ3) is 2.54. The minimum absolute atomic E-state index is 0.0197. The zero-order valence-electron chi connectivity index (χ0n) is 14.6. The second-order valence-electron chi connectivity index (χ2n) is 6.63. The number of hydrogen-bond donors (Lipinski definition) is 1. The van der Waals surface area contributed by atoms with Gasteiger partial charge in [0, 0.05) is 11.5 Å². The molecular formula is C23H22O2. The summed E-state index contributed by atoms with van der Waals surface area (Å²) in [6.45, 7) is 4.56. The van der Waals surface area contributed by atoms with Gasteiger partial charge in [0.25, 0.3) is 0 Å². The van der Waals surface area contributed by atoms with Gasteiger partial charge in [-0.05, 0) is 47.2 Å². The third-order valence-electron chi connectivity index (χ3n) is 5.03. The molecule has 1 atom stereocenters. The summed E-state index contributed by atoms with van der Waals surface area (Å²) in [5.41, 5.74) is 8.75. The van der Waals surface area contributed by atoms with Gasteiger partial charge >= 0.3 is 0 Å². The van der Waals surface area contributed by atoms with E-state index in [9.17, 15) is 5.11 Å². The van der Waals surface area contributed by atoms with E-state index in [0.717, 1.165) is 11.3 Å². The Labute approximate surface area is 148 Å². The van der Waals surface area contributed by atoms with Crippen LogP contribution in [0, 0.1) is 13.8 Å². The Morgan fingerprint density at radius 1 is 0.800 bits per heavy atom. The van der Waals surface area contributed by atoms with E-state index in [4.69, 9.17) is 4.74 Å². The van der Waals surface area contributed by atoms with Gasteiger partial charge in [-0.1, -0.05) is 60.7 Å². The first kappa shape index (κ1) is 15.9. The number of aliphatic hydroxyl groups is 1. The van der Waals surface area contributed by atoms with Crippen LogP contribution in [0.4, 0.5) is 0 Å². The van der Waals surface area contributed by atoms with Gasteiger partial charge in [0.05, 0.1) is 6.61 Å². The highest BCUT2D eigenvalue weighted by molar-refractivity contribution is 5.87. The number of fused-ring (bicyclic) bond motifs is 3. The van der Waals surface area contributed by atoms with E-state index >= 15 is 0 Å². The van der Waals surface area contributed by atoms with E-state index in [1.165, 1.54) is 33.4 Å². The molecule has 0 radical (unpaired) electrons. The van der Waals surface area contributed by atoms with Crippen molar-refractivity contribution in [3.05, 3.63) is 88.5 Å². The fourth-order valence-corrected chi connectivity index (χ4v) is 3.98. The number of aliphatic hydroxyl groups excluding tert-OH is 1. The van der Waals surface area contributed by atoms with Gasteiger partial charge in [-0.15, -0.1) is 0 Å². The van der Waals surface area contributed by atoms with Crippen LogP contribution in [0.1, 0.15) is 33.7 Å². The van der Waals surface area contributed by atoms with Gasteiger partial charge in [-0.2, -0.15) is 0 Å². The molecule has 2 nitrogen and oxygen atoms in total. The SMILES string of the molecule is Cc1ccc2c(c1OCCO)-c1c(C)cccc1C2c1ccccc1. The van der Waals surface area contributed by atoms with Crippen LogP contribution in [0.5, 0.6) is 5.75 Å². The summed E-state index contributed by atoms with van der Waals surface area (Å²) in [5.74, 6) is 1.13. The fourth-order valence-electron chi connectivity index (χ4n) is 3.98. The molecule has 1 N–H and O–H groups in total. The zero-order chi connectivity index (χ0) is 17.4. The quantitative estimate of drug-likeness (QED) is 0.580. The lowest BCUT2D eigenvalue weighted by molar-refractivity contribution is 0.201. The maximum Gasteiger partial charge on any atom is 0.130 e. The van der Waals surface area contributed by atoms with Crippen molar-refractivity contribution in [3.63, 3.8) is 0 Å². The molecule has 0 heterocycles. The Morgan fingerprint density at radius 3 is 2.32 bits per heavy atom. The Kier molecular flexibility index (Phi) is 4.06. The molecule has 0 saturated heterocycles. The van der Waals surface area contributed by atoms with E-state index in [2.05, 4.69) is 74.5 Å². The first-order valence-electron chi connectivity index (χ1n) is 8.74. The van der Waals surface area contributed by atoms with Crippen molar-refractivity contribution in [2.24, 2.45) is 0 Å². The topological polar surface area (TPSA) is 29.5 Å². The fraction of sp³-hybridized carbons (Fsp3) is 0.217. The average molecular weight is 330 g/mol. The molecule has 3 aromatic carbocycles. The Hall–Kier alpha value is -2.58. The van der Waals surface area contributed by atoms with Gasteiger partial charge < -0.3 is 9.84 Å². The van der Waals surface area contributed by atoms with Crippen LogP contribution in [-0.4, -0.2) is 18.3 Å². The molecule has 25 heavy (non-hydrogen) atoms. The lowest BCUT2D eigenvalue weighted by Crippen LogP contribution is -2.05. The molecule has 0 spiro atoms. The number of hydrogen-bond acceptors (Lipinski definition) is 2. The summed E-state index contributed by atoms with van der Waals surface area (Å²) < 4.78 is 5.97. The van der Waals surface area contributed by atoms with Gasteiger partial charge in [-0.3, -0.25) is 0 Å². The molecule has 1 aliphatic carbocycles. The molecule has 0 saturated carbocycles. The zero-order valence-corrected chi connectivity index (χ0v) is 14.6. The van der Waals surface area contributed by atoms with Crippen LogP contribution in [0.25, 0.3) is 11.1 Å². The van der Waals surface area contributed by atoms with Crippen LogP contribution < -0.4 is 4.74 Å². The van der Waals surface area contributed by atoms with Crippen molar-refractivity contribution in [1.82, 2.24) is 0 Å². The van der Waals surface area contributed by atoms with E-state index < -0.39 is 0 Å². The molecule has 1 unspecified atom stereocenters. The lowest BCUT2D eigenvalue weighted by atomic mass is 9.89. The first-order valence-corrected chi connectivity index (χ1v) is 8.74. The smallest absolute Gasteiger partial charge is 0.130 e. The molecule has 0 bridgehead atoms. The number of aryl methyl sites for hydroxylation is 2. The highest BCUT2D eigenvalue weighted by Gasteiger charge is 2.33. The van der Waals surface area contributed by atoms with Crippen molar-refractivity contribution in [1.29, 1.82) is 0 Å². The molecule has 0 amide bonds. The summed E-state index contributed by atoms with van der Waals surface area (Å²) >= 11 is 0. The van der Waals surface area contributed by atoms with Crippen molar-refractivity contribution in [2.75, 3.05) is 13.2 Å². The monoisotopic (exact) mass is 330 g/mol. The van der Waals surface area contributed by atoms with Gasteiger partial charge in [0.1, 0.15) is 12.4 Å². The summed E-state index contributed by atoms with van der Waals surface area (Å²) in [6, 6.07) is 21.5. The number of benzene rings is 3. The molecule has 2 heteroatoms. The summed E-state index contributed by atoms with van der Waals surface area (Å²) in [5, 5.41) is 9.22. The van der Waals surface area contributed by atoms with Crippen LogP contribution in [0.15, 0.2) is 60.7 Å². The third-order valence-corrected chi connectivity index (χ3v) is 5.03. The normalized spacial score (nSPS) is 14.9. The molecule has 0 fully saturated rings. The molecule has 1 aliphatic rings. The van der Waals surface area contributed by atoms with Crippen LogP contribution in [0.3, 0.4) is 0 Å². The maximum atomic E-state index is 9.22. The van der Waals surface area contributed by atoms with Crippen molar-refractivity contribution >= 4 is 0 Å². The Morgan fingerprint density at radius 2 is 1.56 bits per heavy atom. The van der Waals surface area contributed by atoms with E-state index in [1.54, 1.807) is 0 Å². The van der Waals surface area contributed by atoms with Gasteiger partial charge in [0.15, 0.2) is 0 Å². The average Bonchev–Trinajstić information content (AvgIpc) is 2.97. The number of rotatable bonds is 4. The van der Waals surface area contributed by atoms with Crippen molar-refractivity contribution < 1.29 is 9.84 Å². The highest BCUT2D eigenvalue weighted by atomic mass is 16.5. The standard InChI is InChI=1S/C23H22O2/c1-15-7-6-10-18-20(15)22-19(21(18)17-8-4-3-5-9-17)12-11-16(2)23(22)25-14-13-24/h3-12,21,24H,13-14H2,1-2H3. The lowest BCUT2D eigenvalue weighted by Gasteiger charge is -2.16. The van der Waals surface area contributed by atoms with Crippen molar-refractivity contribution in [3.8, 4) is 16.9 Å². The van der Waals surface area contributed by atoms with Crippen LogP contribution in [-0.2, 0) is 0 Å². The van der Waals surface area contributed by atoms with Gasteiger partial charge in [0.2, 0.25) is 0 Å². The molecule has 0 aromatic heterocycles. The summed E-state index contributed by atoms with van der Waals surface area (Å²) in [7, 11) is 0. The van der Waals surface area contributed by atoms with E-state index in [0.29, 0.717) is 6.61 Å². The molecule has 126 valence electrons. The van der Waals surface area contributed by atoms with Crippen LogP contribution in [0.2, 0.25) is 0 Å². The maximum absolute atomic E-state index is 9.22. The second-order valence-corrected chi connectivity index (χ2v) is 6.63. The largest absolute Gasteiger partial charge is 0.490 e. The predicted molar refractivity (Wildman–Crippen MR) is 101 cm³/mol. The molecule has 0 aliphatic heterocycles. The van der Waals surface area contributed by atoms with Crippen LogP contribution >= 0.6 is 0 Å². The Bertz CT molecular complexity index is 913. The summed E-state index contributed by atoms with van der Waals surface area (Å²) in [6.07, 6.45) is 0. The minimum Gasteiger partial charge on any atom is -0.490 e. The highest BCUT2D eigenvalue weighted by Crippen LogP contribution is 2.53. The van der Waals surface area contributed by atoms with E-state index in [-0.39, 0.29) is 12.5 Å². The van der Waals surface area contributed by atoms with Gasteiger partial charge in [-0.25, -0.2) is 0 Å². The number of ether oxygens (including phenoxy) is 1. The predicted octanol–water partition coefficient (Wildman–Crippen LogP) is 4.84. The first-order chi connectivity index (χ1) is 12.2. The summed E-state index contributed by atoms with van der Waals surface area (Å²) in [4.78, 5) is 0. The second kappa shape index (κ2) is 6.38. The molecule has 3 aromatic rings. The Balaban J connectivity index is 2.01. The van der Waals surface area contributed by atoms with E-state index in [1.807, 2.05) is 0 Å². The van der Waals surface area contributed by atoms with Crippen molar-refractivity contribution in [2.45, 2.75) is 19.8 Å². The molecular weight excluding hydrogens is 308 g/mol. The molecule has 4 rings (SSSR count). The minimum atomic E-state index is 0.0197.